The lowest BCUT2D eigenvalue weighted by molar-refractivity contribution is 0.308. The summed E-state index contributed by atoms with van der Waals surface area (Å²) in [4.78, 5) is 0. The molecule has 0 bridgehead atoms. The molecule has 19 heavy (non-hydrogen) atoms. The van der Waals surface area contributed by atoms with Crippen molar-refractivity contribution in [3.05, 3.63) is 64.7 Å². The Labute approximate surface area is 117 Å². The molecule has 0 aliphatic rings. The number of aryl methyl sites for hydroxylation is 1. The number of benzene rings is 2. The molecule has 0 aliphatic heterocycles. The molecule has 0 spiro atoms. The third kappa shape index (κ3) is 3.48. The van der Waals surface area contributed by atoms with Crippen molar-refractivity contribution < 1.29 is 9.94 Å². The van der Waals surface area contributed by atoms with Crippen molar-refractivity contribution in [2.75, 3.05) is 6.61 Å². The second-order valence-corrected chi connectivity index (χ2v) is 4.54. The van der Waals surface area contributed by atoms with Crippen molar-refractivity contribution in [2.24, 2.45) is 5.16 Å². The van der Waals surface area contributed by atoms with E-state index in [4.69, 9.17) is 21.5 Å². The summed E-state index contributed by atoms with van der Waals surface area (Å²) in [6, 6.07) is 14.8. The minimum Gasteiger partial charge on any atom is -0.487 e. The first-order valence-corrected chi connectivity index (χ1v) is 6.24. The zero-order chi connectivity index (χ0) is 13.7. The lowest BCUT2D eigenvalue weighted by Crippen LogP contribution is -2.13. The van der Waals surface area contributed by atoms with Gasteiger partial charge in [0.1, 0.15) is 18.1 Å². The van der Waals surface area contributed by atoms with E-state index in [0.717, 1.165) is 16.9 Å². The van der Waals surface area contributed by atoms with Crippen LogP contribution < -0.4 is 4.74 Å². The molecule has 0 radical (unpaired) electrons. The van der Waals surface area contributed by atoms with Gasteiger partial charge in [0, 0.05) is 10.6 Å². The zero-order valence-corrected chi connectivity index (χ0v) is 11.3. The van der Waals surface area contributed by atoms with Crippen molar-refractivity contribution in [3.63, 3.8) is 0 Å². The molecule has 0 unspecified atom stereocenters. The van der Waals surface area contributed by atoms with Crippen molar-refractivity contribution in [2.45, 2.75) is 6.92 Å². The number of para-hydroxylation sites is 1. The van der Waals surface area contributed by atoms with Crippen LogP contribution in [0.1, 0.15) is 11.1 Å². The summed E-state index contributed by atoms with van der Waals surface area (Å²) >= 11 is 5.82. The van der Waals surface area contributed by atoms with Gasteiger partial charge < -0.3 is 9.94 Å². The van der Waals surface area contributed by atoms with Gasteiger partial charge in [-0.2, -0.15) is 0 Å². The number of hydrogen-bond acceptors (Lipinski definition) is 3. The van der Waals surface area contributed by atoms with Gasteiger partial charge in [-0.3, -0.25) is 0 Å². The SMILES string of the molecule is Cc1ccccc1OCC(=NO)c1ccc(Cl)cc1. The van der Waals surface area contributed by atoms with Gasteiger partial charge in [-0.05, 0) is 30.7 Å². The maximum Gasteiger partial charge on any atom is 0.134 e. The van der Waals surface area contributed by atoms with Crippen molar-refractivity contribution in [3.8, 4) is 5.75 Å². The molecule has 2 aromatic carbocycles. The first kappa shape index (κ1) is 13.4. The fraction of sp³-hybridized carbons (Fsp3) is 0.133. The third-order valence-corrected chi connectivity index (χ3v) is 3.01. The van der Waals surface area contributed by atoms with E-state index >= 15 is 0 Å². The van der Waals surface area contributed by atoms with Crippen LogP contribution in [0, 0.1) is 6.92 Å². The number of oxime groups is 1. The highest BCUT2D eigenvalue weighted by atomic mass is 35.5. The van der Waals surface area contributed by atoms with Crippen LogP contribution in [0.25, 0.3) is 0 Å². The lowest BCUT2D eigenvalue weighted by atomic mass is 10.1. The predicted octanol–water partition coefficient (Wildman–Crippen LogP) is 3.91. The Morgan fingerprint density at radius 2 is 1.84 bits per heavy atom. The summed E-state index contributed by atoms with van der Waals surface area (Å²) in [7, 11) is 0. The van der Waals surface area contributed by atoms with Gasteiger partial charge >= 0.3 is 0 Å². The van der Waals surface area contributed by atoms with Gasteiger partial charge in [0.15, 0.2) is 0 Å². The Morgan fingerprint density at radius 3 is 2.47 bits per heavy atom. The molecule has 0 saturated heterocycles. The lowest BCUT2D eigenvalue weighted by Gasteiger charge is -2.10. The van der Waals surface area contributed by atoms with Crippen LogP contribution in [0.15, 0.2) is 53.7 Å². The highest BCUT2D eigenvalue weighted by molar-refractivity contribution is 6.30. The average molecular weight is 276 g/mol. The molecular formula is C15H14ClNO2. The molecule has 0 aromatic heterocycles. The van der Waals surface area contributed by atoms with Gasteiger partial charge in [-0.1, -0.05) is 47.1 Å². The normalized spacial score (nSPS) is 11.4. The molecule has 0 saturated carbocycles. The molecule has 0 aliphatic carbocycles. The van der Waals surface area contributed by atoms with E-state index in [1.807, 2.05) is 31.2 Å². The van der Waals surface area contributed by atoms with Gasteiger partial charge in [0.05, 0.1) is 0 Å². The molecule has 2 aromatic rings. The molecule has 1 N–H and O–H groups in total. The third-order valence-electron chi connectivity index (χ3n) is 2.76. The van der Waals surface area contributed by atoms with E-state index in [0.29, 0.717) is 10.7 Å². The highest BCUT2D eigenvalue weighted by Crippen LogP contribution is 2.17. The van der Waals surface area contributed by atoms with E-state index < -0.39 is 0 Å². The highest BCUT2D eigenvalue weighted by Gasteiger charge is 2.06. The maximum absolute atomic E-state index is 9.07. The zero-order valence-electron chi connectivity index (χ0n) is 10.5. The number of nitrogens with zero attached hydrogens (tertiary/aromatic N) is 1. The van der Waals surface area contributed by atoms with Crippen molar-refractivity contribution >= 4 is 17.3 Å². The Hall–Kier alpha value is -2.00. The summed E-state index contributed by atoms with van der Waals surface area (Å²) in [6.45, 7) is 2.16. The van der Waals surface area contributed by atoms with Gasteiger partial charge in [0.2, 0.25) is 0 Å². The van der Waals surface area contributed by atoms with E-state index in [2.05, 4.69) is 5.16 Å². The predicted molar refractivity (Wildman–Crippen MR) is 76.4 cm³/mol. The summed E-state index contributed by atoms with van der Waals surface area (Å²) in [5.41, 5.74) is 2.27. The average Bonchev–Trinajstić information content (AvgIpc) is 2.43. The second kappa shape index (κ2) is 6.25. The summed E-state index contributed by atoms with van der Waals surface area (Å²) in [5, 5.41) is 13.0. The first-order chi connectivity index (χ1) is 9.20. The van der Waals surface area contributed by atoms with Crippen LogP contribution in [-0.2, 0) is 0 Å². The Bertz CT molecular complexity index is 579. The second-order valence-electron chi connectivity index (χ2n) is 4.11. The molecule has 4 heteroatoms. The Kier molecular flexibility index (Phi) is 4.42. The smallest absolute Gasteiger partial charge is 0.134 e. The molecule has 2 rings (SSSR count). The monoisotopic (exact) mass is 275 g/mol. The van der Waals surface area contributed by atoms with Crippen LogP contribution >= 0.6 is 11.6 Å². The minimum absolute atomic E-state index is 0.197. The molecule has 3 nitrogen and oxygen atoms in total. The van der Waals surface area contributed by atoms with Gasteiger partial charge in [-0.15, -0.1) is 0 Å². The number of hydrogen-bond donors (Lipinski definition) is 1. The standard InChI is InChI=1S/C15H14ClNO2/c1-11-4-2-3-5-15(11)19-10-14(17-18)12-6-8-13(16)9-7-12/h2-9,18H,10H2,1H3. The fourth-order valence-corrected chi connectivity index (χ4v) is 1.80. The molecule has 0 heterocycles. The summed E-state index contributed by atoms with van der Waals surface area (Å²) < 4.78 is 5.65. The van der Waals surface area contributed by atoms with Crippen LogP contribution in [0.2, 0.25) is 5.02 Å². The largest absolute Gasteiger partial charge is 0.487 e. The Balaban J connectivity index is 2.09. The minimum atomic E-state index is 0.197. The molecule has 0 amide bonds. The fourth-order valence-electron chi connectivity index (χ4n) is 1.68. The van der Waals surface area contributed by atoms with Crippen molar-refractivity contribution in [1.82, 2.24) is 0 Å². The van der Waals surface area contributed by atoms with E-state index in [1.54, 1.807) is 24.3 Å². The van der Waals surface area contributed by atoms with Crippen LogP contribution in [-0.4, -0.2) is 17.5 Å². The van der Waals surface area contributed by atoms with E-state index in [1.165, 1.54) is 0 Å². The molecule has 0 fully saturated rings. The number of rotatable bonds is 4. The Morgan fingerprint density at radius 1 is 1.16 bits per heavy atom. The molecule has 98 valence electrons. The van der Waals surface area contributed by atoms with Crippen LogP contribution in [0.3, 0.4) is 0 Å². The van der Waals surface area contributed by atoms with E-state index in [-0.39, 0.29) is 6.61 Å². The quantitative estimate of drug-likeness (QED) is 0.522. The molecule has 0 atom stereocenters. The van der Waals surface area contributed by atoms with Gasteiger partial charge in [0.25, 0.3) is 0 Å². The topological polar surface area (TPSA) is 41.8 Å². The summed E-state index contributed by atoms with van der Waals surface area (Å²) in [6.07, 6.45) is 0. The van der Waals surface area contributed by atoms with Crippen LogP contribution in [0.4, 0.5) is 0 Å². The number of halogens is 1. The first-order valence-electron chi connectivity index (χ1n) is 5.86. The number of ether oxygens (including phenoxy) is 1. The van der Waals surface area contributed by atoms with E-state index in [9.17, 15) is 0 Å². The van der Waals surface area contributed by atoms with Crippen molar-refractivity contribution in [1.29, 1.82) is 0 Å². The molecular weight excluding hydrogens is 262 g/mol. The van der Waals surface area contributed by atoms with Gasteiger partial charge in [-0.25, -0.2) is 0 Å². The summed E-state index contributed by atoms with van der Waals surface area (Å²) in [5.74, 6) is 0.776. The maximum atomic E-state index is 9.07. The van der Waals surface area contributed by atoms with Crippen LogP contribution in [0.5, 0.6) is 5.75 Å².